The molecule has 0 radical (unpaired) electrons. The minimum Gasteiger partial charge on any atom is -0.496 e. The number of rotatable bonds is 2. The highest BCUT2D eigenvalue weighted by molar-refractivity contribution is 6.22. The lowest BCUT2D eigenvalue weighted by atomic mass is 10.0. The molecule has 1 aliphatic heterocycles. The summed E-state index contributed by atoms with van der Waals surface area (Å²) in [7, 11) is 0. The molecule has 0 unspecified atom stereocenters. The molecular formula is C8H9NO4. The number of hydrogen-bond donors (Lipinski definition) is 2. The van der Waals surface area contributed by atoms with Gasteiger partial charge in [0.2, 0.25) is 0 Å². The Labute approximate surface area is 74.4 Å². The number of allylic oxidation sites excluding steroid dienone is 1. The van der Waals surface area contributed by atoms with Crippen LogP contribution in [0.2, 0.25) is 0 Å². The lowest BCUT2D eigenvalue weighted by Gasteiger charge is -2.10. The molecular weight excluding hydrogens is 174 g/mol. The number of aliphatic hydroxyl groups excluding tert-OH is 1. The third kappa shape index (κ3) is 1.74. The molecule has 0 bridgehead atoms. The Morgan fingerprint density at radius 3 is 2.69 bits per heavy atom. The van der Waals surface area contributed by atoms with Crippen LogP contribution in [-0.2, 0) is 9.59 Å². The van der Waals surface area contributed by atoms with Gasteiger partial charge in [-0.05, 0) is 6.42 Å². The number of aliphatic carboxylic acids is 1. The molecule has 0 saturated heterocycles. The second kappa shape index (κ2) is 3.38. The first-order chi connectivity index (χ1) is 6.06. The van der Waals surface area contributed by atoms with Crippen LogP contribution in [0.15, 0.2) is 16.3 Å². The number of aliphatic hydroxyl groups is 1. The van der Waals surface area contributed by atoms with E-state index in [4.69, 9.17) is 10.2 Å². The molecule has 1 rings (SSSR count). The van der Waals surface area contributed by atoms with Gasteiger partial charge in [0, 0.05) is 0 Å². The van der Waals surface area contributed by atoms with E-state index in [1.54, 1.807) is 6.92 Å². The van der Waals surface area contributed by atoms with Gasteiger partial charge in [0.25, 0.3) is 0 Å². The van der Waals surface area contributed by atoms with E-state index in [2.05, 4.69) is 4.99 Å². The van der Waals surface area contributed by atoms with Crippen molar-refractivity contribution in [3.8, 4) is 0 Å². The summed E-state index contributed by atoms with van der Waals surface area (Å²) in [5, 5.41) is 17.6. The van der Waals surface area contributed by atoms with Crippen LogP contribution in [-0.4, -0.2) is 27.9 Å². The van der Waals surface area contributed by atoms with E-state index in [0.29, 0.717) is 6.42 Å². The third-order valence-electron chi connectivity index (χ3n) is 1.70. The van der Waals surface area contributed by atoms with Crippen LogP contribution in [0.3, 0.4) is 0 Å². The smallest absolute Gasteiger partial charge is 0.341 e. The Morgan fingerprint density at radius 2 is 2.23 bits per heavy atom. The first-order valence-electron chi connectivity index (χ1n) is 3.82. The number of aliphatic imine (C=N–C) groups is 1. The number of carbonyl (C=O) groups excluding carboxylic acids is 1. The Hall–Kier alpha value is -1.65. The van der Waals surface area contributed by atoms with Gasteiger partial charge in [-0.25, -0.2) is 9.79 Å². The van der Waals surface area contributed by atoms with Gasteiger partial charge >= 0.3 is 5.97 Å². The van der Waals surface area contributed by atoms with Crippen molar-refractivity contribution in [1.82, 2.24) is 0 Å². The number of nitrogens with zero attached hydrogens (tertiary/aromatic N) is 1. The van der Waals surface area contributed by atoms with Crippen LogP contribution < -0.4 is 0 Å². The van der Waals surface area contributed by atoms with Crippen molar-refractivity contribution in [2.75, 3.05) is 0 Å². The van der Waals surface area contributed by atoms with Crippen LogP contribution >= 0.6 is 0 Å². The average molecular weight is 183 g/mol. The highest BCUT2D eigenvalue weighted by Crippen LogP contribution is 2.18. The summed E-state index contributed by atoms with van der Waals surface area (Å²) in [6.07, 6.45) is 0.00255. The molecule has 0 aliphatic carbocycles. The summed E-state index contributed by atoms with van der Waals surface area (Å²) < 4.78 is 0. The molecule has 70 valence electrons. The first kappa shape index (κ1) is 9.44. The van der Waals surface area contributed by atoms with Gasteiger partial charge in [-0.2, -0.15) is 0 Å². The van der Waals surface area contributed by atoms with Crippen molar-refractivity contribution in [3.05, 3.63) is 11.3 Å². The third-order valence-corrected chi connectivity index (χ3v) is 1.70. The summed E-state index contributed by atoms with van der Waals surface area (Å²) in [6.45, 7) is 1.67. The minimum atomic E-state index is -1.28. The predicted molar refractivity (Wildman–Crippen MR) is 44.6 cm³/mol. The number of Topliss-reactive ketones (excluding diaryl/α,β-unsaturated/α-hetero) is 1. The van der Waals surface area contributed by atoms with E-state index in [1.165, 1.54) is 0 Å². The molecule has 5 nitrogen and oxygen atoms in total. The Kier molecular flexibility index (Phi) is 2.46. The van der Waals surface area contributed by atoms with Crippen molar-refractivity contribution in [3.63, 3.8) is 0 Å². The fourth-order valence-corrected chi connectivity index (χ4v) is 1.14. The maximum Gasteiger partial charge on any atom is 0.341 e. The van der Waals surface area contributed by atoms with Crippen LogP contribution in [0, 0.1) is 0 Å². The summed E-state index contributed by atoms with van der Waals surface area (Å²) in [5.41, 5.74) is -0.165. The van der Waals surface area contributed by atoms with Gasteiger partial charge in [-0.1, -0.05) is 6.92 Å². The first-order valence-corrected chi connectivity index (χ1v) is 3.82. The van der Waals surface area contributed by atoms with Crippen LogP contribution in [0.25, 0.3) is 0 Å². The molecule has 0 aromatic carbocycles. The molecule has 0 saturated carbocycles. The zero-order valence-corrected chi connectivity index (χ0v) is 7.07. The van der Waals surface area contributed by atoms with Gasteiger partial charge < -0.3 is 10.2 Å². The van der Waals surface area contributed by atoms with E-state index in [1.807, 2.05) is 0 Å². The van der Waals surface area contributed by atoms with Gasteiger partial charge in [0.05, 0.1) is 12.1 Å². The van der Waals surface area contributed by atoms with Crippen molar-refractivity contribution in [2.45, 2.75) is 19.8 Å². The molecule has 0 atom stereocenters. The number of carboxylic acids is 1. The zero-order chi connectivity index (χ0) is 10.0. The van der Waals surface area contributed by atoms with E-state index >= 15 is 0 Å². The molecule has 1 heterocycles. The minimum absolute atomic E-state index is 0.140. The number of carboxylic acid groups (broad SMARTS) is 1. The highest BCUT2D eigenvalue weighted by Gasteiger charge is 2.26. The molecule has 13 heavy (non-hydrogen) atoms. The molecule has 1 aliphatic rings. The van der Waals surface area contributed by atoms with E-state index in [-0.39, 0.29) is 23.6 Å². The van der Waals surface area contributed by atoms with Crippen molar-refractivity contribution in [1.29, 1.82) is 0 Å². The van der Waals surface area contributed by atoms with Crippen molar-refractivity contribution >= 4 is 17.7 Å². The topological polar surface area (TPSA) is 87.0 Å². The fourth-order valence-electron chi connectivity index (χ4n) is 1.14. The second-order valence-corrected chi connectivity index (χ2v) is 2.61. The highest BCUT2D eigenvalue weighted by atomic mass is 16.4. The van der Waals surface area contributed by atoms with Crippen LogP contribution in [0.5, 0.6) is 0 Å². The summed E-state index contributed by atoms with van der Waals surface area (Å²) in [5.74, 6) is -2.18. The second-order valence-electron chi connectivity index (χ2n) is 2.61. The lowest BCUT2D eigenvalue weighted by molar-refractivity contribution is -0.134. The average Bonchev–Trinajstić information content (AvgIpc) is 2.01. The maximum atomic E-state index is 11.1. The van der Waals surface area contributed by atoms with Crippen LogP contribution in [0.4, 0.5) is 0 Å². The quantitative estimate of drug-likeness (QED) is 0.616. The van der Waals surface area contributed by atoms with Gasteiger partial charge in [-0.15, -0.1) is 0 Å². The van der Waals surface area contributed by atoms with Crippen molar-refractivity contribution < 1.29 is 19.8 Å². The SMILES string of the molecule is CCC1=C(C(=O)O)C(=O)CC(O)=N1. The standard InChI is InChI=1S/C8H9NO4/c1-2-4-7(8(12)13)5(10)3-6(11)9-4/h2-3H2,1H3,(H,9,11)(H,12,13). The van der Waals surface area contributed by atoms with E-state index < -0.39 is 11.8 Å². The number of carbonyl (C=O) groups is 2. The van der Waals surface area contributed by atoms with Gasteiger partial charge in [0.15, 0.2) is 11.7 Å². The van der Waals surface area contributed by atoms with Gasteiger partial charge in [-0.3, -0.25) is 4.79 Å². The Balaban J connectivity index is 3.20. The molecule has 2 N–H and O–H groups in total. The number of hydrogen-bond acceptors (Lipinski definition) is 3. The maximum absolute atomic E-state index is 11.1. The fraction of sp³-hybridized carbons (Fsp3) is 0.375. The number of ketones is 1. The normalized spacial score (nSPS) is 17.3. The predicted octanol–water partition coefficient (Wildman–Crippen LogP) is 0.664. The van der Waals surface area contributed by atoms with E-state index in [9.17, 15) is 9.59 Å². The van der Waals surface area contributed by atoms with Gasteiger partial charge in [0.1, 0.15) is 5.57 Å². The van der Waals surface area contributed by atoms with Crippen LogP contribution in [0.1, 0.15) is 19.8 Å². The summed E-state index contributed by atoms with van der Waals surface area (Å²) in [6, 6.07) is 0. The largest absolute Gasteiger partial charge is 0.496 e. The summed E-state index contributed by atoms with van der Waals surface area (Å²) >= 11 is 0. The summed E-state index contributed by atoms with van der Waals surface area (Å²) in [4.78, 5) is 25.4. The Bertz CT molecular complexity index is 327. The zero-order valence-electron chi connectivity index (χ0n) is 7.07. The van der Waals surface area contributed by atoms with Crippen molar-refractivity contribution in [2.24, 2.45) is 4.99 Å². The van der Waals surface area contributed by atoms with E-state index in [0.717, 1.165) is 0 Å². The molecule has 0 amide bonds. The molecule has 0 aromatic heterocycles. The molecule has 0 spiro atoms. The Morgan fingerprint density at radius 1 is 1.62 bits per heavy atom. The molecule has 0 aromatic rings. The monoisotopic (exact) mass is 183 g/mol. The lowest BCUT2D eigenvalue weighted by Crippen LogP contribution is -2.22. The molecule has 5 heteroatoms. The molecule has 0 fully saturated rings.